The third-order valence-corrected chi connectivity index (χ3v) is 4.25. The maximum Gasteiger partial charge on any atom is 0.220 e. The maximum absolute atomic E-state index is 12.0. The van der Waals surface area contributed by atoms with Crippen molar-refractivity contribution in [1.82, 2.24) is 15.1 Å². The smallest absolute Gasteiger partial charge is 0.220 e. The van der Waals surface area contributed by atoms with E-state index in [0.717, 1.165) is 31.2 Å². The number of rotatable bonds is 8. The van der Waals surface area contributed by atoms with Crippen molar-refractivity contribution in [2.24, 2.45) is 7.05 Å². The molecule has 1 aromatic heterocycles. The monoisotopic (exact) mass is 307 g/mol. The molecule has 5 nitrogen and oxygen atoms in total. The van der Waals surface area contributed by atoms with Crippen molar-refractivity contribution >= 4 is 5.91 Å². The Labute approximate surface area is 133 Å². The molecule has 1 amide bonds. The van der Waals surface area contributed by atoms with Crippen molar-refractivity contribution in [1.29, 1.82) is 0 Å². The molecule has 1 aliphatic heterocycles. The van der Waals surface area contributed by atoms with E-state index in [9.17, 15) is 4.79 Å². The van der Waals surface area contributed by atoms with Gasteiger partial charge in [0.1, 0.15) is 0 Å². The minimum Gasteiger partial charge on any atom is -0.373 e. The summed E-state index contributed by atoms with van der Waals surface area (Å²) in [5.74, 6) is 0.188. The van der Waals surface area contributed by atoms with Gasteiger partial charge in [0.05, 0.1) is 12.3 Å². The summed E-state index contributed by atoms with van der Waals surface area (Å²) in [7, 11) is 1.91. The summed E-state index contributed by atoms with van der Waals surface area (Å²) >= 11 is 0. The van der Waals surface area contributed by atoms with Crippen LogP contribution in [-0.4, -0.2) is 28.3 Å². The molecule has 0 unspecified atom stereocenters. The van der Waals surface area contributed by atoms with Crippen LogP contribution in [0.1, 0.15) is 70.0 Å². The number of unbranched alkanes of at least 4 members (excludes halogenated alkanes) is 4. The molecule has 2 heterocycles. The highest BCUT2D eigenvalue weighted by Crippen LogP contribution is 2.27. The van der Waals surface area contributed by atoms with E-state index in [4.69, 9.17) is 4.74 Å². The Morgan fingerprint density at radius 2 is 2.23 bits per heavy atom. The summed E-state index contributed by atoms with van der Waals surface area (Å²) in [4.78, 5) is 12.0. The lowest BCUT2D eigenvalue weighted by Crippen LogP contribution is -2.39. The van der Waals surface area contributed by atoms with E-state index < -0.39 is 0 Å². The molecule has 1 aromatic rings. The number of nitrogens with one attached hydrogen (secondary N) is 1. The van der Waals surface area contributed by atoms with Gasteiger partial charge in [0.15, 0.2) is 0 Å². The van der Waals surface area contributed by atoms with Gasteiger partial charge in [-0.15, -0.1) is 0 Å². The second kappa shape index (κ2) is 8.93. The molecule has 1 N–H and O–H groups in total. The highest BCUT2D eigenvalue weighted by atomic mass is 16.5. The fourth-order valence-electron chi connectivity index (χ4n) is 2.96. The van der Waals surface area contributed by atoms with Gasteiger partial charge >= 0.3 is 0 Å². The summed E-state index contributed by atoms with van der Waals surface area (Å²) in [6, 6.07) is 0.224. The second-order valence-electron chi connectivity index (χ2n) is 6.26. The van der Waals surface area contributed by atoms with Crippen molar-refractivity contribution in [3.63, 3.8) is 0 Å². The van der Waals surface area contributed by atoms with Gasteiger partial charge in [-0.05, 0) is 19.3 Å². The Morgan fingerprint density at radius 3 is 2.95 bits per heavy atom. The van der Waals surface area contributed by atoms with Crippen LogP contribution in [0.4, 0.5) is 0 Å². The molecule has 0 saturated carbocycles. The Kier molecular flexibility index (Phi) is 6.90. The Hall–Kier alpha value is -1.36. The molecule has 1 saturated heterocycles. The molecule has 22 heavy (non-hydrogen) atoms. The molecular weight excluding hydrogens is 278 g/mol. The van der Waals surface area contributed by atoms with Crippen molar-refractivity contribution in [2.75, 3.05) is 6.61 Å². The van der Waals surface area contributed by atoms with E-state index in [1.165, 1.54) is 19.3 Å². The number of aryl methyl sites for hydroxylation is 1. The van der Waals surface area contributed by atoms with Gasteiger partial charge < -0.3 is 10.1 Å². The molecule has 1 aliphatic rings. The zero-order chi connectivity index (χ0) is 15.8. The summed E-state index contributed by atoms with van der Waals surface area (Å²) in [6.45, 7) is 2.90. The predicted octanol–water partition coefficient (Wildman–Crippen LogP) is 3.12. The first-order valence-electron chi connectivity index (χ1n) is 8.58. The lowest BCUT2D eigenvalue weighted by molar-refractivity contribution is -0.123. The normalized spacial score (nSPS) is 21.7. The van der Waals surface area contributed by atoms with E-state index in [2.05, 4.69) is 17.3 Å². The number of aromatic nitrogens is 2. The molecule has 124 valence electrons. The third kappa shape index (κ3) is 5.44. The van der Waals surface area contributed by atoms with Gasteiger partial charge in [0.25, 0.3) is 0 Å². The Morgan fingerprint density at radius 1 is 1.41 bits per heavy atom. The lowest BCUT2D eigenvalue weighted by Gasteiger charge is -2.29. The van der Waals surface area contributed by atoms with Crippen LogP contribution in [0, 0.1) is 0 Å². The largest absolute Gasteiger partial charge is 0.373 e. The molecule has 0 bridgehead atoms. The van der Waals surface area contributed by atoms with E-state index >= 15 is 0 Å². The standard InChI is InChI=1S/C17H29N3O2/c1-3-4-5-6-7-8-17(21)19-15-9-10-22-16(11-15)14-12-18-20(2)13-14/h12-13,15-16H,3-11H2,1-2H3,(H,19,21)/t15-,16+/m0/s1. The molecule has 2 atom stereocenters. The second-order valence-corrected chi connectivity index (χ2v) is 6.26. The van der Waals surface area contributed by atoms with Gasteiger partial charge in [0.2, 0.25) is 5.91 Å². The molecular formula is C17H29N3O2. The van der Waals surface area contributed by atoms with E-state index in [0.29, 0.717) is 13.0 Å². The molecule has 5 heteroatoms. The molecule has 0 aliphatic carbocycles. The average molecular weight is 307 g/mol. The van der Waals surface area contributed by atoms with E-state index in [-0.39, 0.29) is 18.1 Å². The topological polar surface area (TPSA) is 56.1 Å². The van der Waals surface area contributed by atoms with Gasteiger partial charge in [-0.25, -0.2) is 0 Å². The van der Waals surface area contributed by atoms with Crippen LogP contribution >= 0.6 is 0 Å². The zero-order valence-corrected chi connectivity index (χ0v) is 13.9. The maximum atomic E-state index is 12.0. The fraction of sp³-hybridized carbons (Fsp3) is 0.765. The SMILES string of the molecule is CCCCCCCC(=O)N[C@H]1CCO[C@@H](c2cnn(C)c2)C1. The van der Waals surface area contributed by atoms with Crippen molar-refractivity contribution in [3.8, 4) is 0 Å². The number of carbonyl (C=O) groups excluding carboxylic acids is 1. The number of ether oxygens (including phenoxy) is 1. The lowest BCUT2D eigenvalue weighted by atomic mass is 9.99. The van der Waals surface area contributed by atoms with Crippen LogP contribution in [0.5, 0.6) is 0 Å². The first kappa shape index (κ1) is 17.0. The molecule has 0 aromatic carbocycles. The van der Waals surface area contributed by atoms with Crippen LogP contribution in [0.2, 0.25) is 0 Å². The average Bonchev–Trinajstić information content (AvgIpc) is 2.94. The third-order valence-electron chi connectivity index (χ3n) is 4.25. The highest BCUT2D eigenvalue weighted by molar-refractivity contribution is 5.76. The first-order chi connectivity index (χ1) is 10.7. The quantitative estimate of drug-likeness (QED) is 0.751. The molecule has 2 rings (SSSR count). The van der Waals surface area contributed by atoms with Crippen molar-refractivity contribution in [3.05, 3.63) is 18.0 Å². The summed E-state index contributed by atoms with van der Waals surface area (Å²) in [5.41, 5.74) is 1.10. The van der Waals surface area contributed by atoms with E-state index in [1.54, 1.807) is 4.68 Å². The van der Waals surface area contributed by atoms with Crippen LogP contribution in [0.3, 0.4) is 0 Å². The molecule has 0 spiro atoms. The number of amides is 1. The van der Waals surface area contributed by atoms with Crippen LogP contribution in [-0.2, 0) is 16.6 Å². The zero-order valence-electron chi connectivity index (χ0n) is 13.9. The van der Waals surface area contributed by atoms with Crippen LogP contribution < -0.4 is 5.32 Å². The highest BCUT2D eigenvalue weighted by Gasteiger charge is 2.25. The fourth-order valence-corrected chi connectivity index (χ4v) is 2.96. The van der Waals surface area contributed by atoms with Crippen LogP contribution in [0.25, 0.3) is 0 Å². The Bertz CT molecular complexity index is 459. The summed E-state index contributed by atoms with van der Waals surface area (Å²) < 4.78 is 7.60. The summed E-state index contributed by atoms with van der Waals surface area (Å²) in [6.07, 6.45) is 12.2. The summed E-state index contributed by atoms with van der Waals surface area (Å²) in [5, 5.41) is 7.36. The number of hydrogen-bond acceptors (Lipinski definition) is 3. The van der Waals surface area contributed by atoms with Gasteiger partial charge in [-0.1, -0.05) is 32.6 Å². The Balaban J connectivity index is 1.70. The molecule has 0 radical (unpaired) electrons. The number of hydrogen-bond donors (Lipinski definition) is 1. The first-order valence-corrected chi connectivity index (χ1v) is 8.58. The number of carbonyl (C=O) groups is 1. The minimum absolute atomic E-state index is 0.0531. The van der Waals surface area contributed by atoms with Crippen molar-refractivity contribution < 1.29 is 9.53 Å². The van der Waals surface area contributed by atoms with Gasteiger partial charge in [-0.3, -0.25) is 9.48 Å². The minimum atomic E-state index is 0.0531. The van der Waals surface area contributed by atoms with Crippen LogP contribution in [0.15, 0.2) is 12.4 Å². The van der Waals surface area contributed by atoms with Gasteiger partial charge in [-0.2, -0.15) is 5.10 Å². The van der Waals surface area contributed by atoms with Gasteiger partial charge in [0, 0.05) is 37.9 Å². The van der Waals surface area contributed by atoms with E-state index in [1.807, 2.05) is 19.4 Å². The number of nitrogens with zero attached hydrogens (tertiary/aromatic N) is 2. The van der Waals surface area contributed by atoms with Crippen molar-refractivity contribution in [2.45, 2.75) is 70.4 Å². The molecule has 1 fully saturated rings. The predicted molar refractivity (Wildman–Crippen MR) is 86.4 cm³/mol.